The Labute approximate surface area is 185 Å². The van der Waals surface area contributed by atoms with Crippen molar-refractivity contribution in [1.29, 1.82) is 0 Å². The van der Waals surface area contributed by atoms with Gasteiger partial charge in [-0.05, 0) is 12.5 Å². The van der Waals surface area contributed by atoms with Gasteiger partial charge in [0, 0.05) is 19.3 Å². The molecule has 0 aliphatic rings. The fourth-order valence-electron chi connectivity index (χ4n) is 3.10. The van der Waals surface area contributed by atoms with E-state index < -0.39 is 57.4 Å². The Balaban J connectivity index is 2.72. The standard InChI is InChI=1S/C24H26O8/c1-5-15(25)18-20(24(30)31-12-14-10-8-9-13(4)11-14)19(16(26)6-2)23(22(29)21(18)28)32-17(27)7-3/h8-11,28-29H,5-7,12H2,1-4H3. The quantitative estimate of drug-likeness (QED) is 0.255. The molecule has 0 radical (unpaired) electrons. The first-order chi connectivity index (χ1) is 15.2. The maximum absolute atomic E-state index is 13.1. The van der Waals surface area contributed by atoms with Gasteiger partial charge in [0.2, 0.25) is 5.75 Å². The number of rotatable bonds is 9. The Bertz CT molecular complexity index is 1070. The number of aryl methyl sites for hydroxylation is 1. The number of ether oxygens (including phenoxy) is 2. The van der Waals surface area contributed by atoms with Gasteiger partial charge in [0.25, 0.3) is 0 Å². The number of phenolic OH excluding ortho intramolecular Hbond substituents is 2. The van der Waals surface area contributed by atoms with Gasteiger partial charge in [-0.15, -0.1) is 0 Å². The van der Waals surface area contributed by atoms with Crippen molar-refractivity contribution in [2.45, 2.75) is 53.6 Å². The zero-order valence-electron chi connectivity index (χ0n) is 18.5. The molecule has 2 aromatic rings. The molecule has 2 N–H and O–H groups in total. The highest BCUT2D eigenvalue weighted by Gasteiger charge is 2.35. The van der Waals surface area contributed by atoms with Gasteiger partial charge in [-0.25, -0.2) is 4.79 Å². The Kier molecular flexibility index (Phi) is 8.12. The highest BCUT2D eigenvalue weighted by Crippen LogP contribution is 2.45. The molecule has 170 valence electrons. The lowest BCUT2D eigenvalue weighted by atomic mass is 9.91. The monoisotopic (exact) mass is 442 g/mol. The van der Waals surface area contributed by atoms with Crippen molar-refractivity contribution < 1.29 is 38.9 Å². The number of Topliss-reactive ketones (excluding diaryl/α,β-unsaturated/α-hetero) is 2. The molecule has 0 aliphatic carbocycles. The van der Waals surface area contributed by atoms with Crippen LogP contribution in [0.2, 0.25) is 0 Å². The third-order valence-corrected chi connectivity index (χ3v) is 4.76. The first-order valence-electron chi connectivity index (χ1n) is 10.3. The number of hydrogen-bond donors (Lipinski definition) is 2. The van der Waals surface area contributed by atoms with Gasteiger partial charge in [-0.1, -0.05) is 50.6 Å². The fraction of sp³-hybridized carbons (Fsp3) is 0.333. The zero-order valence-corrected chi connectivity index (χ0v) is 18.5. The SMILES string of the molecule is CCC(=O)Oc1c(O)c(O)c(C(=O)CC)c(C(=O)OCc2cccc(C)c2)c1C(=O)CC. The normalized spacial score (nSPS) is 10.5. The van der Waals surface area contributed by atoms with Crippen LogP contribution in [-0.4, -0.2) is 33.7 Å². The molecule has 32 heavy (non-hydrogen) atoms. The third kappa shape index (κ3) is 5.14. The lowest BCUT2D eigenvalue weighted by molar-refractivity contribution is -0.134. The van der Waals surface area contributed by atoms with Crippen LogP contribution in [0.25, 0.3) is 0 Å². The third-order valence-electron chi connectivity index (χ3n) is 4.76. The van der Waals surface area contributed by atoms with Crippen molar-refractivity contribution in [1.82, 2.24) is 0 Å². The van der Waals surface area contributed by atoms with E-state index >= 15 is 0 Å². The number of benzene rings is 2. The summed E-state index contributed by atoms with van der Waals surface area (Å²) >= 11 is 0. The van der Waals surface area contributed by atoms with Crippen LogP contribution < -0.4 is 4.74 Å². The summed E-state index contributed by atoms with van der Waals surface area (Å²) in [6, 6.07) is 7.19. The van der Waals surface area contributed by atoms with Gasteiger partial charge in [0.1, 0.15) is 6.61 Å². The fourth-order valence-corrected chi connectivity index (χ4v) is 3.10. The average molecular weight is 442 g/mol. The topological polar surface area (TPSA) is 127 Å². The lowest BCUT2D eigenvalue weighted by Crippen LogP contribution is -2.20. The molecule has 2 aromatic carbocycles. The highest BCUT2D eigenvalue weighted by atomic mass is 16.5. The maximum atomic E-state index is 13.1. The number of carbonyl (C=O) groups is 4. The van der Waals surface area contributed by atoms with Crippen molar-refractivity contribution in [2.75, 3.05) is 0 Å². The van der Waals surface area contributed by atoms with E-state index in [0.29, 0.717) is 5.56 Å². The molecule has 0 fully saturated rings. The summed E-state index contributed by atoms with van der Waals surface area (Å²) in [5.74, 6) is -5.83. The predicted octanol–water partition coefficient (Wildman–Crippen LogP) is 4.26. The zero-order chi connectivity index (χ0) is 24.0. The minimum absolute atomic E-state index is 0.0945. The summed E-state index contributed by atoms with van der Waals surface area (Å²) in [7, 11) is 0. The van der Waals surface area contributed by atoms with Gasteiger partial charge >= 0.3 is 11.9 Å². The Morgan fingerprint density at radius 3 is 2.03 bits per heavy atom. The number of aromatic hydroxyl groups is 2. The predicted molar refractivity (Wildman–Crippen MR) is 115 cm³/mol. The van der Waals surface area contributed by atoms with E-state index in [2.05, 4.69) is 0 Å². The smallest absolute Gasteiger partial charge is 0.340 e. The van der Waals surface area contributed by atoms with E-state index in [1.165, 1.54) is 20.8 Å². The number of carbonyl (C=O) groups excluding carboxylic acids is 4. The molecule has 0 unspecified atom stereocenters. The summed E-state index contributed by atoms with van der Waals surface area (Å²) in [6.07, 6.45) is -0.347. The van der Waals surface area contributed by atoms with Crippen molar-refractivity contribution in [3.8, 4) is 17.2 Å². The molecule has 0 heterocycles. The molecule has 0 spiro atoms. The molecule has 0 aliphatic heterocycles. The summed E-state index contributed by atoms with van der Waals surface area (Å²) < 4.78 is 10.4. The van der Waals surface area contributed by atoms with E-state index in [4.69, 9.17) is 9.47 Å². The first-order valence-corrected chi connectivity index (χ1v) is 10.3. The molecule has 0 bridgehead atoms. The maximum Gasteiger partial charge on any atom is 0.340 e. The molecule has 0 amide bonds. The van der Waals surface area contributed by atoms with Crippen LogP contribution in [0.4, 0.5) is 0 Å². The van der Waals surface area contributed by atoms with E-state index in [1.54, 1.807) is 18.2 Å². The minimum Gasteiger partial charge on any atom is -0.504 e. The van der Waals surface area contributed by atoms with Crippen LogP contribution in [0.1, 0.15) is 82.2 Å². The van der Waals surface area contributed by atoms with Crippen LogP contribution in [0.5, 0.6) is 17.2 Å². The summed E-state index contributed by atoms with van der Waals surface area (Å²) in [6.45, 7) is 6.19. The summed E-state index contributed by atoms with van der Waals surface area (Å²) in [4.78, 5) is 50.4. The van der Waals surface area contributed by atoms with E-state index in [-0.39, 0.29) is 25.9 Å². The number of hydrogen-bond acceptors (Lipinski definition) is 8. The average Bonchev–Trinajstić information content (AvgIpc) is 2.79. The minimum atomic E-state index is -1.07. The highest BCUT2D eigenvalue weighted by molar-refractivity contribution is 6.17. The number of ketones is 2. The number of esters is 2. The Morgan fingerprint density at radius 2 is 1.47 bits per heavy atom. The summed E-state index contributed by atoms with van der Waals surface area (Å²) in [5.41, 5.74) is 0.0533. The van der Waals surface area contributed by atoms with Crippen LogP contribution in [-0.2, 0) is 16.1 Å². The van der Waals surface area contributed by atoms with Crippen LogP contribution in [0, 0.1) is 6.92 Å². The lowest BCUT2D eigenvalue weighted by Gasteiger charge is -2.19. The van der Waals surface area contributed by atoms with Gasteiger partial charge in [0.15, 0.2) is 23.1 Å². The molecular weight excluding hydrogens is 416 g/mol. The first kappa shape index (κ1) is 24.6. The van der Waals surface area contributed by atoms with Crippen molar-refractivity contribution in [3.63, 3.8) is 0 Å². The molecule has 0 saturated carbocycles. The van der Waals surface area contributed by atoms with Crippen LogP contribution in [0.15, 0.2) is 24.3 Å². The van der Waals surface area contributed by atoms with Gasteiger partial charge in [-0.3, -0.25) is 14.4 Å². The largest absolute Gasteiger partial charge is 0.504 e. The molecule has 2 rings (SSSR count). The van der Waals surface area contributed by atoms with Gasteiger partial charge in [0.05, 0.1) is 16.7 Å². The molecular formula is C24H26O8. The van der Waals surface area contributed by atoms with Crippen molar-refractivity contribution in [3.05, 3.63) is 52.1 Å². The van der Waals surface area contributed by atoms with E-state index in [9.17, 15) is 29.4 Å². The molecule has 0 aromatic heterocycles. The number of phenols is 2. The molecule has 0 atom stereocenters. The Hall–Kier alpha value is -3.68. The van der Waals surface area contributed by atoms with E-state index in [1.807, 2.05) is 13.0 Å². The second-order valence-electron chi connectivity index (χ2n) is 7.10. The van der Waals surface area contributed by atoms with E-state index in [0.717, 1.165) is 5.56 Å². The van der Waals surface area contributed by atoms with Crippen molar-refractivity contribution in [2.24, 2.45) is 0 Å². The Morgan fingerprint density at radius 1 is 0.844 bits per heavy atom. The van der Waals surface area contributed by atoms with Gasteiger partial charge in [-0.2, -0.15) is 0 Å². The second-order valence-corrected chi connectivity index (χ2v) is 7.10. The molecule has 8 heteroatoms. The summed E-state index contributed by atoms with van der Waals surface area (Å²) in [5, 5.41) is 21.0. The van der Waals surface area contributed by atoms with Crippen molar-refractivity contribution >= 4 is 23.5 Å². The van der Waals surface area contributed by atoms with Crippen LogP contribution >= 0.6 is 0 Å². The van der Waals surface area contributed by atoms with Crippen LogP contribution in [0.3, 0.4) is 0 Å². The second kappa shape index (κ2) is 10.6. The molecule has 8 nitrogen and oxygen atoms in total. The molecule has 0 saturated heterocycles. The van der Waals surface area contributed by atoms with Gasteiger partial charge < -0.3 is 19.7 Å².